The van der Waals surface area contributed by atoms with Crippen LogP contribution in [0, 0.1) is 0 Å². The lowest BCUT2D eigenvalue weighted by atomic mass is 10.5. The SMILES string of the molecule is C[Si](C)(C)CCOCn1ccc(Br)cc1=O. The molecule has 0 fully saturated rings. The maximum absolute atomic E-state index is 11.5. The fourth-order valence-electron chi connectivity index (χ4n) is 1.13. The van der Waals surface area contributed by atoms with Crippen LogP contribution in [-0.2, 0) is 11.5 Å². The van der Waals surface area contributed by atoms with Crippen molar-refractivity contribution in [2.75, 3.05) is 6.61 Å². The standard InChI is InChI=1S/C11H18BrNO2Si/c1-16(2,3)7-6-15-9-13-5-4-10(12)8-11(13)14/h4-5,8H,6-7,9H2,1-3H3. The molecule has 0 spiro atoms. The van der Waals surface area contributed by atoms with Gasteiger partial charge in [0.25, 0.3) is 5.56 Å². The van der Waals surface area contributed by atoms with E-state index >= 15 is 0 Å². The average Bonchev–Trinajstić information content (AvgIpc) is 2.13. The number of halogens is 1. The zero-order valence-electron chi connectivity index (χ0n) is 10.00. The van der Waals surface area contributed by atoms with Crippen molar-refractivity contribution < 1.29 is 4.74 Å². The van der Waals surface area contributed by atoms with Crippen molar-refractivity contribution in [3.63, 3.8) is 0 Å². The van der Waals surface area contributed by atoms with E-state index in [1.165, 1.54) is 0 Å². The van der Waals surface area contributed by atoms with Crippen LogP contribution in [0.1, 0.15) is 0 Å². The van der Waals surface area contributed by atoms with Gasteiger partial charge in [0.15, 0.2) is 0 Å². The molecule has 0 aliphatic carbocycles. The largest absolute Gasteiger partial charge is 0.361 e. The molecule has 0 unspecified atom stereocenters. The fourth-order valence-corrected chi connectivity index (χ4v) is 2.20. The lowest BCUT2D eigenvalue weighted by Crippen LogP contribution is -2.24. The van der Waals surface area contributed by atoms with Crippen molar-refractivity contribution in [1.29, 1.82) is 0 Å². The van der Waals surface area contributed by atoms with Crippen LogP contribution in [0.4, 0.5) is 0 Å². The number of aromatic nitrogens is 1. The molecule has 0 aromatic carbocycles. The molecule has 0 saturated heterocycles. The quantitative estimate of drug-likeness (QED) is 0.618. The molecular weight excluding hydrogens is 286 g/mol. The van der Waals surface area contributed by atoms with Crippen LogP contribution in [0.15, 0.2) is 27.6 Å². The molecule has 0 aliphatic heterocycles. The first-order valence-electron chi connectivity index (χ1n) is 5.32. The molecular formula is C11H18BrNO2Si. The Kier molecular flexibility index (Phi) is 4.95. The molecule has 16 heavy (non-hydrogen) atoms. The summed E-state index contributed by atoms with van der Waals surface area (Å²) in [6, 6.07) is 4.50. The number of hydrogen-bond acceptors (Lipinski definition) is 2. The van der Waals surface area contributed by atoms with Crippen molar-refractivity contribution in [2.24, 2.45) is 0 Å². The minimum absolute atomic E-state index is 0.0395. The lowest BCUT2D eigenvalue weighted by molar-refractivity contribution is 0.0847. The Morgan fingerprint density at radius 3 is 2.69 bits per heavy atom. The Bertz CT molecular complexity index is 398. The van der Waals surface area contributed by atoms with Crippen molar-refractivity contribution in [3.05, 3.63) is 33.2 Å². The van der Waals surface area contributed by atoms with Gasteiger partial charge in [-0.2, -0.15) is 0 Å². The highest BCUT2D eigenvalue weighted by Crippen LogP contribution is 2.08. The Balaban J connectivity index is 2.41. The van der Waals surface area contributed by atoms with Gasteiger partial charge in [-0.3, -0.25) is 9.36 Å². The number of hydrogen-bond donors (Lipinski definition) is 0. The Labute approximate surface area is 106 Å². The van der Waals surface area contributed by atoms with Crippen molar-refractivity contribution in [1.82, 2.24) is 4.57 Å². The molecule has 0 N–H and O–H groups in total. The molecule has 1 heterocycles. The van der Waals surface area contributed by atoms with Crippen LogP contribution in [0.25, 0.3) is 0 Å². The van der Waals surface area contributed by atoms with Crippen LogP contribution in [0.2, 0.25) is 25.7 Å². The topological polar surface area (TPSA) is 31.2 Å². The molecule has 90 valence electrons. The Morgan fingerprint density at radius 1 is 1.44 bits per heavy atom. The van der Waals surface area contributed by atoms with Gasteiger partial charge in [0, 0.05) is 31.4 Å². The summed E-state index contributed by atoms with van der Waals surface area (Å²) >= 11 is 3.26. The van der Waals surface area contributed by atoms with Gasteiger partial charge in [0.2, 0.25) is 0 Å². The number of rotatable bonds is 5. The lowest BCUT2D eigenvalue weighted by Gasteiger charge is -2.15. The van der Waals surface area contributed by atoms with E-state index in [0.29, 0.717) is 6.73 Å². The third-order valence-corrected chi connectivity index (χ3v) is 4.38. The van der Waals surface area contributed by atoms with E-state index in [4.69, 9.17) is 4.74 Å². The zero-order chi connectivity index (χ0) is 12.2. The number of pyridine rings is 1. The van der Waals surface area contributed by atoms with Crippen LogP contribution >= 0.6 is 15.9 Å². The molecule has 1 rings (SSSR count). The Morgan fingerprint density at radius 2 is 2.12 bits per heavy atom. The number of nitrogens with zero attached hydrogens (tertiary/aromatic N) is 1. The third kappa shape index (κ3) is 5.09. The van der Waals surface area contributed by atoms with E-state index in [2.05, 4.69) is 35.6 Å². The molecule has 1 aromatic heterocycles. The first-order chi connectivity index (χ1) is 7.38. The second-order valence-electron chi connectivity index (χ2n) is 5.00. The maximum atomic E-state index is 11.5. The normalized spacial score (nSPS) is 11.8. The van der Waals surface area contributed by atoms with Crippen LogP contribution in [-0.4, -0.2) is 19.2 Å². The van der Waals surface area contributed by atoms with Gasteiger partial charge in [-0.1, -0.05) is 35.6 Å². The zero-order valence-corrected chi connectivity index (χ0v) is 12.6. The van der Waals surface area contributed by atoms with E-state index in [1.807, 2.05) is 6.07 Å². The summed E-state index contributed by atoms with van der Waals surface area (Å²) in [5, 5.41) is 0. The summed E-state index contributed by atoms with van der Waals surface area (Å²) < 4.78 is 7.86. The maximum Gasteiger partial charge on any atom is 0.253 e. The fraction of sp³-hybridized carbons (Fsp3) is 0.545. The molecule has 3 nitrogen and oxygen atoms in total. The van der Waals surface area contributed by atoms with Crippen LogP contribution in [0.5, 0.6) is 0 Å². The van der Waals surface area contributed by atoms with E-state index < -0.39 is 8.07 Å². The monoisotopic (exact) mass is 303 g/mol. The second kappa shape index (κ2) is 5.79. The molecule has 1 aromatic rings. The summed E-state index contributed by atoms with van der Waals surface area (Å²) in [6.07, 6.45) is 1.74. The second-order valence-corrected chi connectivity index (χ2v) is 11.5. The van der Waals surface area contributed by atoms with Crippen molar-refractivity contribution in [2.45, 2.75) is 32.4 Å². The van der Waals surface area contributed by atoms with Crippen molar-refractivity contribution >= 4 is 24.0 Å². The average molecular weight is 304 g/mol. The summed E-state index contributed by atoms with van der Waals surface area (Å²) in [6.45, 7) is 8.00. The van der Waals surface area contributed by atoms with Gasteiger partial charge in [-0.15, -0.1) is 0 Å². The minimum atomic E-state index is -1.04. The molecule has 0 amide bonds. The minimum Gasteiger partial charge on any atom is -0.361 e. The highest BCUT2D eigenvalue weighted by atomic mass is 79.9. The Hall–Kier alpha value is -0.393. The van der Waals surface area contributed by atoms with Gasteiger partial charge in [-0.25, -0.2) is 0 Å². The smallest absolute Gasteiger partial charge is 0.253 e. The summed E-state index contributed by atoms with van der Waals surface area (Å²) in [4.78, 5) is 11.5. The highest BCUT2D eigenvalue weighted by Gasteiger charge is 2.11. The molecule has 0 bridgehead atoms. The van der Waals surface area contributed by atoms with E-state index in [1.54, 1.807) is 16.8 Å². The van der Waals surface area contributed by atoms with Gasteiger partial charge in [0.1, 0.15) is 6.73 Å². The van der Waals surface area contributed by atoms with Gasteiger partial charge < -0.3 is 4.74 Å². The summed E-state index contributed by atoms with van der Waals surface area (Å²) in [5.74, 6) is 0. The predicted octanol–water partition coefficient (Wildman–Crippen LogP) is 2.92. The molecule has 0 saturated carbocycles. The van der Waals surface area contributed by atoms with Gasteiger partial charge >= 0.3 is 0 Å². The first-order valence-corrected chi connectivity index (χ1v) is 9.82. The third-order valence-electron chi connectivity index (χ3n) is 2.18. The van der Waals surface area contributed by atoms with E-state index in [0.717, 1.165) is 17.1 Å². The van der Waals surface area contributed by atoms with Crippen LogP contribution in [0.3, 0.4) is 0 Å². The molecule has 0 atom stereocenters. The predicted molar refractivity (Wildman–Crippen MR) is 72.5 cm³/mol. The highest BCUT2D eigenvalue weighted by molar-refractivity contribution is 9.10. The van der Waals surface area contributed by atoms with Crippen LogP contribution < -0.4 is 5.56 Å². The summed E-state index contributed by atoms with van der Waals surface area (Å²) in [7, 11) is -1.04. The van der Waals surface area contributed by atoms with E-state index in [9.17, 15) is 4.79 Å². The molecule has 5 heteroatoms. The first kappa shape index (κ1) is 13.7. The van der Waals surface area contributed by atoms with Crippen molar-refractivity contribution in [3.8, 4) is 0 Å². The van der Waals surface area contributed by atoms with E-state index in [-0.39, 0.29) is 5.56 Å². The van der Waals surface area contributed by atoms with Gasteiger partial charge in [-0.05, 0) is 12.1 Å². The molecule has 0 aliphatic rings. The summed E-state index contributed by atoms with van der Waals surface area (Å²) in [5.41, 5.74) is -0.0395. The molecule has 0 radical (unpaired) electrons. The number of ether oxygens (including phenoxy) is 1. The van der Waals surface area contributed by atoms with Gasteiger partial charge in [0.05, 0.1) is 0 Å².